The number of carbonyl (C=O) groups is 1. The maximum atomic E-state index is 11.2. The molecular weight excluding hydrogens is 180 g/mol. The molecule has 3 heteroatoms. The molecule has 2 N–H and O–H groups in total. The summed E-state index contributed by atoms with van der Waals surface area (Å²) in [5, 5.41) is 19.3. The van der Waals surface area contributed by atoms with E-state index in [0.29, 0.717) is 12.8 Å². The van der Waals surface area contributed by atoms with Crippen LogP contribution in [-0.4, -0.2) is 21.8 Å². The number of aliphatic carboxylic acids is 1. The molecule has 0 aliphatic heterocycles. The molecule has 3 nitrogen and oxygen atoms in total. The average Bonchev–Trinajstić information content (AvgIpc) is 2.06. The van der Waals surface area contributed by atoms with Crippen molar-refractivity contribution >= 4 is 5.97 Å². The highest BCUT2D eigenvalue weighted by Crippen LogP contribution is 2.56. The normalized spacial score (nSPS) is 51.9. The van der Waals surface area contributed by atoms with E-state index >= 15 is 0 Å². The highest BCUT2D eigenvalue weighted by molar-refractivity contribution is 5.75. The Morgan fingerprint density at radius 2 is 1.79 bits per heavy atom. The first-order valence-corrected chi connectivity index (χ1v) is 5.32. The lowest BCUT2D eigenvalue weighted by Gasteiger charge is -2.54. The van der Waals surface area contributed by atoms with Gasteiger partial charge < -0.3 is 10.2 Å². The number of rotatable bonds is 1. The van der Waals surface area contributed by atoms with Crippen molar-refractivity contribution in [2.45, 2.75) is 45.1 Å². The van der Waals surface area contributed by atoms with E-state index in [1.165, 1.54) is 0 Å². The van der Waals surface area contributed by atoms with E-state index < -0.39 is 17.0 Å². The van der Waals surface area contributed by atoms with Crippen molar-refractivity contribution in [1.82, 2.24) is 0 Å². The topological polar surface area (TPSA) is 57.5 Å². The minimum absolute atomic E-state index is 0.153. The highest BCUT2D eigenvalue weighted by atomic mass is 16.4. The van der Waals surface area contributed by atoms with Crippen LogP contribution in [0.4, 0.5) is 0 Å². The van der Waals surface area contributed by atoms with Gasteiger partial charge in [-0.3, -0.25) is 4.79 Å². The molecule has 80 valence electrons. The van der Waals surface area contributed by atoms with Gasteiger partial charge >= 0.3 is 5.97 Å². The van der Waals surface area contributed by atoms with Gasteiger partial charge in [-0.1, -0.05) is 0 Å². The highest BCUT2D eigenvalue weighted by Gasteiger charge is 2.56. The van der Waals surface area contributed by atoms with Gasteiger partial charge in [0, 0.05) is 0 Å². The Labute approximate surface area is 84.1 Å². The number of aliphatic hydroxyl groups is 1. The van der Waals surface area contributed by atoms with Crippen molar-refractivity contribution in [2.75, 3.05) is 0 Å². The van der Waals surface area contributed by atoms with E-state index in [1.807, 2.05) is 13.8 Å². The van der Waals surface area contributed by atoms with Crippen LogP contribution < -0.4 is 0 Å². The Morgan fingerprint density at radius 1 is 1.21 bits per heavy atom. The van der Waals surface area contributed by atoms with E-state index in [1.54, 1.807) is 0 Å². The predicted molar refractivity (Wildman–Crippen MR) is 51.8 cm³/mol. The van der Waals surface area contributed by atoms with Gasteiger partial charge in [0.1, 0.15) is 0 Å². The van der Waals surface area contributed by atoms with E-state index in [9.17, 15) is 15.0 Å². The standard InChI is InChI=1S/C11H18O3/c1-10(9(12)13)5-8-4-3-7(10)6-11(8,2)14/h7-8,14H,3-6H2,1-2H3,(H,12,13)/t7-,8-,10-,11-/m0/s1. The van der Waals surface area contributed by atoms with Crippen LogP contribution in [0.3, 0.4) is 0 Å². The van der Waals surface area contributed by atoms with Crippen molar-refractivity contribution in [3.05, 3.63) is 0 Å². The lowest BCUT2D eigenvalue weighted by Crippen LogP contribution is -2.55. The zero-order valence-electron chi connectivity index (χ0n) is 8.79. The Hall–Kier alpha value is -0.570. The smallest absolute Gasteiger partial charge is 0.309 e. The molecule has 0 heterocycles. The molecule has 0 amide bonds. The summed E-state index contributed by atoms with van der Waals surface area (Å²) < 4.78 is 0. The second-order valence-corrected chi connectivity index (χ2v) is 5.46. The second kappa shape index (κ2) is 2.72. The molecule has 0 aromatic rings. The number of fused-ring (bicyclic) bond motifs is 3. The van der Waals surface area contributed by atoms with Gasteiger partial charge in [0.2, 0.25) is 0 Å². The number of carboxylic acids is 1. The molecule has 0 spiro atoms. The van der Waals surface area contributed by atoms with Crippen LogP contribution in [0, 0.1) is 17.3 Å². The molecule has 0 aromatic heterocycles. The van der Waals surface area contributed by atoms with Crippen LogP contribution in [0.1, 0.15) is 39.5 Å². The quantitative estimate of drug-likeness (QED) is 0.673. The molecular formula is C11H18O3. The van der Waals surface area contributed by atoms with Gasteiger partial charge in [0.25, 0.3) is 0 Å². The lowest BCUT2D eigenvalue weighted by molar-refractivity contribution is -0.176. The average molecular weight is 198 g/mol. The van der Waals surface area contributed by atoms with E-state index in [-0.39, 0.29) is 11.8 Å². The maximum Gasteiger partial charge on any atom is 0.309 e. The van der Waals surface area contributed by atoms with Crippen molar-refractivity contribution in [3.8, 4) is 0 Å². The predicted octanol–water partition coefficient (Wildman–Crippen LogP) is 1.65. The zero-order chi connectivity index (χ0) is 10.6. The van der Waals surface area contributed by atoms with Crippen LogP contribution in [0.15, 0.2) is 0 Å². The molecule has 3 rings (SSSR count). The second-order valence-electron chi connectivity index (χ2n) is 5.46. The van der Waals surface area contributed by atoms with Gasteiger partial charge in [-0.25, -0.2) is 0 Å². The molecule has 0 radical (unpaired) electrons. The largest absolute Gasteiger partial charge is 0.481 e. The van der Waals surface area contributed by atoms with Crippen molar-refractivity contribution in [3.63, 3.8) is 0 Å². The molecule has 3 aliphatic rings. The summed E-state index contributed by atoms with van der Waals surface area (Å²) in [4.78, 5) is 11.2. The summed E-state index contributed by atoms with van der Waals surface area (Å²) in [6.07, 6.45) is 3.24. The van der Waals surface area contributed by atoms with Crippen LogP contribution in [0.5, 0.6) is 0 Å². The number of hydrogen-bond acceptors (Lipinski definition) is 2. The van der Waals surface area contributed by atoms with Gasteiger partial charge in [-0.2, -0.15) is 0 Å². The first-order chi connectivity index (χ1) is 6.36. The monoisotopic (exact) mass is 198 g/mol. The Morgan fingerprint density at radius 3 is 2.14 bits per heavy atom. The molecule has 0 aromatic carbocycles. The van der Waals surface area contributed by atoms with Crippen LogP contribution in [0.2, 0.25) is 0 Å². The summed E-state index contributed by atoms with van der Waals surface area (Å²) in [6.45, 7) is 3.69. The minimum atomic E-state index is -0.692. The molecule has 2 bridgehead atoms. The molecule has 3 fully saturated rings. The van der Waals surface area contributed by atoms with Gasteiger partial charge in [0.15, 0.2) is 0 Å². The van der Waals surface area contributed by atoms with Crippen LogP contribution in [0.25, 0.3) is 0 Å². The van der Waals surface area contributed by atoms with E-state index in [4.69, 9.17) is 0 Å². The van der Waals surface area contributed by atoms with Crippen molar-refractivity contribution in [1.29, 1.82) is 0 Å². The Kier molecular flexibility index (Phi) is 1.94. The summed E-state index contributed by atoms with van der Waals surface area (Å²) >= 11 is 0. The van der Waals surface area contributed by atoms with Gasteiger partial charge in [-0.05, 0) is 51.4 Å². The molecule has 14 heavy (non-hydrogen) atoms. The first-order valence-electron chi connectivity index (χ1n) is 5.32. The summed E-state index contributed by atoms with van der Waals surface area (Å²) in [7, 11) is 0. The number of hydrogen-bond donors (Lipinski definition) is 2. The molecule has 3 saturated carbocycles. The number of carboxylic acid groups (broad SMARTS) is 1. The van der Waals surface area contributed by atoms with Gasteiger partial charge in [0.05, 0.1) is 11.0 Å². The summed E-state index contributed by atoms with van der Waals surface area (Å²) in [5.74, 6) is -0.365. The maximum absolute atomic E-state index is 11.2. The van der Waals surface area contributed by atoms with Crippen molar-refractivity contribution in [2.24, 2.45) is 17.3 Å². The van der Waals surface area contributed by atoms with Crippen LogP contribution in [-0.2, 0) is 4.79 Å². The van der Waals surface area contributed by atoms with Crippen LogP contribution >= 0.6 is 0 Å². The Balaban J connectivity index is 2.28. The fraction of sp³-hybridized carbons (Fsp3) is 0.909. The first kappa shape index (κ1) is 9.97. The SMILES string of the molecule is C[C@]1(O)C[C@@H]2CC[C@H]1C[C@]2(C)C(=O)O. The minimum Gasteiger partial charge on any atom is -0.481 e. The van der Waals surface area contributed by atoms with E-state index in [0.717, 1.165) is 12.8 Å². The van der Waals surface area contributed by atoms with Gasteiger partial charge in [-0.15, -0.1) is 0 Å². The Bertz CT molecular complexity index is 272. The molecule has 3 aliphatic carbocycles. The molecule has 0 saturated heterocycles. The summed E-state index contributed by atoms with van der Waals surface area (Å²) in [6, 6.07) is 0. The fourth-order valence-corrected chi connectivity index (χ4v) is 3.29. The lowest BCUT2D eigenvalue weighted by atomic mass is 9.52. The molecule has 4 atom stereocenters. The third kappa shape index (κ3) is 1.18. The van der Waals surface area contributed by atoms with E-state index in [2.05, 4.69) is 0 Å². The molecule has 0 unspecified atom stereocenters. The third-order valence-electron chi connectivity index (χ3n) is 4.46. The third-order valence-corrected chi connectivity index (χ3v) is 4.46. The fourth-order valence-electron chi connectivity index (χ4n) is 3.29. The zero-order valence-corrected chi connectivity index (χ0v) is 8.79. The summed E-state index contributed by atoms with van der Waals surface area (Å²) in [5.41, 5.74) is -1.22. The van der Waals surface area contributed by atoms with Crippen molar-refractivity contribution < 1.29 is 15.0 Å².